The monoisotopic (exact) mass is 712 g/mol. The molecule has 1 aliphatic heterocycles. The second-order valence-corrected chi connectivity index (χ2v) is 15.0. The zero-order valence-electron chi connectivity index (χ0n) is 31.3. The second kappa shape index (κ2) is 15.3. The van der Waals surface area contributed by atoms with Gasteiger partial charge in [0.25, 0.3) is 5.91 Å². The van der Waals surface area contributed by atoms with Gasteiger partial charge in [-0.1, -0.05) is 172 Å². The van der Waals surface area contributed by atoms with Crippen molar-refractivity contribution in [3.05, 3.63) is 162 Å². The van der Waals surface area contributed by atoms with Gasteiger partial charge in [0.15, 0.2) is 5.82 Å². The predicted molar refractivity (Wildman–Crippen MR) is 216 cm³/mol. The maximum Gasteiger partial charge on any atom is 0.256 e. The fourth-order valence-electron chi connectivity index (χ4n) is 8.77. The maximum absolute atomic E-state index is 14.2. The van der Waals surface area contributed by atoms with E-state index in [0.29, 0.717) is 18.3 Å². The Kier molecular flexibility index (Phi) is 10.0. The van der Waals surface area contributed by atoms with Crippen LogP contribution in [0, 0.1) is 5.92 Å². The number of aliphatic imine (C=N–C) groups is 1. The number of amides is 1. The van der Waals surface area contributed by atoms with Crippen LogP contribution >= 0.6 is 0 Å². The number of unbranched alkanes of at least 4 members (excludes halogenated alkanes) is 1. The first-order chi connectivity index (χ1) is 26.5. The van der Waals surface area contributed by atoms with Gasteiger partial charge in [-0.25, -0.2) is 4.68 Å². The molecule has 1 fully saturated rings. The Morgan fingerprint density at radius 3 is 1.83 bits per heavy atom. The third-order valence-electron chi connectivity index (χ3n) is 11.6. The summed E-state index contributed by atoms with van der Waals surface area (Å²) in [6.07, 6.45) is 8.74. The third kappa shape index (κ3) is 6.36. The van der Waals surface area contributed by atoms with Crippen LogP contribution in [0.4, 0.5) is 0 Å². The lowest BCUT2D eigenvalue weighted by Crippen LogP contribution is -2.45. The Bertz CT molecular complexity index is 2110. The second-order valence-electron chi connectivity index (χ2n) is 15.0. The molecule has 2 aliphatic rings. The maximum atomic E-state index is 14.2. The molecule has 0 bridgehead atoms. The number of carbonyl (C=O) groups excluding carboxylic acids is 1. The zero-order valence-corrected chi connectivity index (χ0v) is 31.3. The topological polar surface area (TPSA) is 76.3 Å². The zero-order chi connectivity index (χ0) is 37.0. The molecule has 1 unspecified atom stereocenters. The van der Waals surface area contributed by atoms with E-state index in [-0.39, 0.29) is 5.91 Å². The molecule has 54 heavy (non-hydrogen) atoms. The van der Waals surface area contributed by atoms with Crippen LogP contribution in [0.2, 0.25) is 0 Å². The number of nitrogens with zero attached hydrogens (tertiary/aromatic N) is 6. The minimum Gasteiger partial charge on any atom is -0.294 e. The van der Waals surface area contributed by atoms with Crippen molar-refractivity contribution in [2.45, 2.75) is 82.8 Å². The van der Waals surface area contributed by atoms with Crippen LogP contribution in [-0.4, -0.2) is 42.4 Å². The molecule has 5 aromatic carbocycles. The Labute approximate surface area is 318 Å². The number of amidine groups is 1. The van der Waals surface area contributed by atoms with Gasteiger partial charge in [-0.05, 0) is 75.9 Å². The van der Waals surface area contributed by atoms with E-state index in [0.717, 1.165) is 76.9 Å². The first-order valence-electron chi connectivity index (χ1n) is 19.6. The number of hydrogen-bond donors (Lipinski definition) is 0. The smallest absolute Gasteiger partial charge is 0.256 e. The first kappa shape index (κ1) is 35.3. The summed E-state index contributed by atoms with van der Waals surface area (Å²) in [6, 6.07) is 48.4. The van der Waals surface area contributed by atoms with Crippen molar-refractivity contribution in [2.24, 2.45) is 10.9 Å². The fourth-order valence-corrected chi connectivity index (χ4v) is 8.77. The van der Waals surface area contributed by atoms with E-state index in [4.69, 9.17) is 15.3 Å². The molecule has 0 spiro atoms. The Hall–Kier alpha value is -5.69. The third-order valence-corrected chi connectivity index (χ3v) is 11.6. The summed E-state index contributed by atoms with van der Waals surface area (Å²) >= 11 is 0. The Morgan fingerprint density at radius 1 is 0.704 bits per heavy atom. The minimum atomic E-state index is -0.856. The predicted octanol–water partition coefficient (Wildman–Crippen LogP) is 10.1. The average Bonchev–Trinajstić information content (AvgIpc) is 3.82. The molecule has 1 saturated carbocycles. The molecule has 0 saturated heterocycles. The molecule has 272 valence electrons. The summed E-state index contributed by atoms with van der Waals surface area (Å²) in [6.45, 7) is 4.81. The number of hydrogen-bond acceptors (Lipinski definition) is 5. The lowest BCUT2D eigenvalue weighted by Gasteiger charge is -2.36. The van der Waals surface area contributed by atoms with Gasteiger partial charge in [0.05, 0.1) is 6.54 Å². The Morgan fingerprint density at radius 2 is 1.26 bits per heavy atom. The Balaban J connectivity index is 1.16. The average molecular weight is 713 g/mol. The number of aromatic nitrogens is 4. The van der Waals surface area contributed by atoms with Crippen LogP contribution < -0.4 is 0 Å². The van der Waals surface area contributed by atoms with Crippen LogP contribution in [0.15, 0.2) is 145 Å². The molecule has 6 aromatic rings. The van der Waals surface area contributed by atoms with Gasteiger partial charge in [-0.2, -0.15) is 0 Å². The summed E-state index contributed by atoms with van der Waals surface area (Å²) in [5.41, 5.74) is 5.73. The van der Waals surface area contributed by atoms with Crippen LogP contribution in [0.5, 0.6) is 0 Å². The molecule has 7 nitrogen and oxygen atoms in total. The quantitative estimate of drug-likeness (QED) is 0.118. The molecule has 1 aromatic heterocycles. The van der Waals surface area contributed by atoms with Crippen molar-refractivity contribution in [2.75, 3.05) is 0 Å². The first-order valence-corrected chi connectivity index (χ1v) is 19.6. The summed E-state index contributed by atoms with van der Waals surface area (Å²) in [4.78, 5) is 21.4. The highest BCUT2D eigenvalue weighted by Gasteiger charge is 2.49. The van der Waals surface area contributed by atoms with E-state index in [1.54, 1.807) is 0 Å². The van der Waals surface area contributed by atoms with E-state index in [9.17, 15) is 4.79 Å². The van der Waals surface area contributed by atoms with E-state index in [1.807, 2.05) is 33.8 Å². The highest BCUT2D eigenvalue weighted by atomic mass is 16.2. The fraction of sp³-hybridized carbons (Fsp3) is 0.298. The number of benzene rings is 5. The van der Waals surface area contributed by atoms with Gasteiger partial charge >= 0.3 is 0 Å². The van der Waals surface area contributed by atoms with Crippen LogP contribution in [-0.2, 0) is 16.9 Å². The normalized spacial score (nSPS) is 17.9. The number of carbonyl (C=O) groups is 1. The van der Waals surface area contributed by atoms with Crippen molar-refractivity contribution in [3.63, 3.8) is 0 Å². The number of rotatable bonds is 12. The van der Waals surface area contributed by atoms with Gasteiger partial charge in [0.1, 0.15) is 16.9 Å². The molecule has 8 rings (SSSR count). The minimum absolute atomic E-state index is 0.167. The molecular formula is C47H48N6O. The molecule has 2 heterocycles. The lowest BCUT2D eigenvalue weighted by atomic mass is 9.75. The van der Waals surface area contributed by atoms with E-state index in [1.165, 1.54) is 19.3 Å². The van der Waals surface area contributed by atoms with E-state index in [2.05, 4.69) is 134 Å². The molecular weight excluding hydrogens is 665 g/mol. The largest absolute Gasteiger partial charge is 0.294 e. The molecule has 1 atom stereocenters. The molecule has 1 amide bonds. The van der Waals surface area contributed by atoms with Crippen molar-refractivity contribution in [1.82, 2.24) is 25.1 Å². The van der Waals surface area contributed by atoms with Crippen molar-refractivity contribution in [3.8, 4) is 22.5 Å². The summed E-state index contributed by atoms with van der Waals surface area (Å²) in [5, 5.41) is 13.9. The summed E-state index contributed by atoms with van der Waals surface area (Å²) in [5.74, 6) is 2.10. The molecule has 0 N–H and O–H groups in total. The van der Waals surface area contributed by atoms with Crippen molar-refractivity contribution < 1.29 is 4.79 Å². The van der Waals surface area contributed by atoms with Crippen LogP contribution in [0.1, 0.15) is 87.5 Å². The number of tetrazole rings is 1. The van der Waals surface area contributed by atoms with Gasteiger partial charge in [0.2, 0.25) is 0 Å². The van der Waals surface area contributed by atoms with Gasteiger partial charge in [0, 0.05) is 12.0 Å². The highest BCUT2D eigenvalue weighted by molar-refractivity contribution is 6.08. The van der Waals surface area contributed by atoms with Crippen LogP contribution in [0.25, 0.3) is 22.5 Å². The molecule has 1 aliphatic carbocycles. The molecule has 0 radical (unpaired) electrons. The molecule has 7 heteroatoms. The van der Waals surface area contributed by atoms with Crippen LogP contribution in [0.3, 0.4) is 0 Å². The standard InChI is InChI=1S/C47H48N6O/c1-3-4-29-43-48-46(2,37-19-9-5-10-20-37)45(54)52(43)34-35-30-32-36(33-31-35)41-27-17-18-28-42(41)44-49-50-51-53(44)47(38-21-11-6-12-22-38,39-23-13-7-14-24-39)40-25-15-8-16-26-40/h6-8,11-18,21-28,30-33,37H,3-5,9-10,19-20,29,34H2,1-2H3. The highest BCUT2D eigenvalue weighted by Crippen LogP contribution is 2.44. The van der Waals surface area contributed by atoms with Crippen molar-refractivity contribution in [1.29, 1.82) is 0 Å². The van der Waals surface area contributed by atoms with Gasteiger partial charge in [-0.15, -0.1) is 5.10 Å². The van der Waals surface area contributed by atoms with E-state index >= 15 is 0 Å². The SMILES string of the molecule is CCCCC1=NC(C)(C2CCCCC2)C(=O)N1Cc1ccc(-c2ccccc2-c2nnnn2C(c2ccccc2)(c2ccccc2)c2ccccc2)cc1. The van der Waals surface area contributed by atoms with Gasteiger partial charge in [-0.3, -0.25) is 14.7 Å². The summed E-state index contributed by atoms with van der Waals surface area (Å²) < 4.78 is 1.99. The van der Waals surface area contributed by atoms with Crippen molar-refractivity contribution >= 4 is 11.7 Å². The van der Waals surface area contributed by atoms with E-state index < -0.39 is 11.1 Å². The lowest BCUT2D eigenvalue weighted by molar-refractivity contribution is -0.133. The van der Waals surface area contributed by atoms with Gasteiger partial charge < -0.3 is 0 Å². The summed E-state index contributed by atoms with van der Waals surface area (Å²) in [7, 11) is 0.